The van der Waals surface area contributed by atoms with Crippen LogP contribution in [0.3, 0.4) is 0 Å². The minimum absolute atomic E-state index is 0.0520. The topological polar surface area (TPSA) is 130 Å². The lowest BCUT2D eigenvalue weighted by atomic mass is 10.1. The summed E-state index contributed by atoms with van der Waals surface area (Å²) in [6.45, 7) is 5.43. The number of carbonyl (C=O) groups is 1. The van der Waals surface area contributed by atoms with E-state index in [2.05, 4.69) is 15.2 Å². The standard InChI is InChI=1S/C22H23N5O5S2/c1-22(2,3)27(21(28)29)20-23-16-11-10-15(12-17(16)33-20)18-24-25-19(32-18)26(34(4,30)31)13-14-8-6-5-7-9-14/h5-12H,13H2,1-4H3,(H,28,29). The highest BCUT2D eigenvalue weighted by atomic mass is 32.2. The van der Waals surface area contributed by atoms with Crippen molar-refractivity contribution in [2.24, 2.45) is 0 Å². The molecule has 0 saturated heterocycles. The van der Waals surface area contributed by atoms with Gasteiger partial charge in [-0.15, -0.1) is 5.10 Å². The van der Waals surface area contributed by atoms with Gasteiger partial charge < -0.3 is 9.52 Å². The number of thiazole rings is 1. The molecule has 0 aliphatic rings. The number of fused-ring (bicyclic) bond motifs is 1. The lowest BCUT2D eigenvalue weighted by Crippen LogP contribution is -2.45. The normalized spacial score (nSPS) is 12.1. The van der Waals surface area contributed by atoms with Gasteiger partial charge in [0.15, 0.2) is 5.13 Å². The summed E-state index contributed by atoms with van der Waals surface area (Å²) in [5.41, 5.74) is 1.29. The second kappa shape index (κ2) is 8.69. The van der Waals surface area contributed by atoms with E-state index in [1.165, 1.54) is 16.2 Å². The van der Waals surface area contributed by atoms with Crippen LogP contribution in [0.15, 0.2) is 52.9 Å². The van der Waals surface area contributed by atoms with Gasteiger partial charge in [-0.2, -0.15) is 0 Å². The molecule has 4 rings (SSSR count). The number of hydrogen-bond donors (Lipinski definition) is 1. The van der Waals surface area contributed by atoms with Crippen molar-refractivity contribution in [2.75, 3.05) is 15.5 Å². The molecule has 1 N–H and O–H groups in total. The average molecular weight is 502 g/mol. The van der Waals surface area contributed by atoms with Gasteiger partial charge in [0.1, 0.15) is 0 Å². The van der Waals surface area contributed by atoms with Crippen molar-refractivity contribution in [3.05, 3.63) is 54.1 Å². The van der Waals surface area contributed by atoms with E-state index in [-0.39, 0.29) is 18.5 Å². The minimum atomic E-state index is -3.68. The Hall–Kier alpha value is -3.51. The molecule has 2 aromatic carbocycles. The SMILES string of the molecule is CC(C)(C)N(C(=O)O)c1nc2ccc(-c3nnc(N(Cc4ccccc4)S(C)(=O)=O)o3)cc2s1. The van der Waals surface area contributed by atoms with Crippen molar-refractivity contribution in [3.8, 4) is 11.5 Å². The number of anilines is 2. The molecule has 178 valence electrons. The third-order valence-electron chi connectivity index (χ3n) is 4.87. The molecule has 2 aromatic heterocycles. The van der Waals surface area contributed by atoms with Gasteiger partial charge in [-0.3, -0.25) is 0 Å². The van der Waals surface area contributed by atoms with Crippen molar-refractivity contribution in [2.45, 2.75) is 32.9 Å². The average Bonchev–Trinajstić information content (AvgIpc) is 3.37. The predicted octanol–water partition coefficient (Wildman–Crippen LogP) is 4.60. The van der Waals surface area contributed by atoms with E-state index in [0.29, 0.717) is 16.2 Å². The fourth-order valence-corrected chi connectivity index (χ4v) is 5.23. The van der Waals surface area contributed by atoms with Crippen LogP contribution >= 0.6 is 11.3 Å². The Bertz CT molecular complexity index is 1440. The first-order chi connectivity index (χ1) is 15.9. The van der Waals surface area contributed by atoms with Crippen molar-refractivity contribution in [1.29, 1.82) is 0 Å². The van der Waals surface area contributed by atoms with Crippen LogP contribution in [-0.4, -0.2) is 46.6 Å². The number of carboxylic acid groups (broad SMARTS) is 1. The van der Waals surface area contributed by atoms with Gasteiger partial charge in [-0.1, -0.05) is 46.8 Å². The van der Waals surface area contributed by atoms with Gasteiger partial charge in [-0.05, 0) is 44.5 Å². The van der Waals surface area contributed by atoms with Crippen LogP contribution in [0.4, 0.5) is 15.9 Å². The second-order valence-electron chi connectivity index (χ2n) is 8.61. The molecule has 0 spiro atoms. The van der Waals surface area contributed by atoms with Gasteiger partial charge in [0.25, 0.3) is 0 Å². The molecule has 2 heterocycles. The molecule has 0 radical (unpaired) electrons. The lowest BCUT2D eigenvalue weighted by molar-refractivity contribution is 0.195. The maximum absolute atomic E-state index is 12.4. The molecule has 0 atom stereocenters. The largest absolute Gasteiger partial charge is 0.465 e. The van der Waals surface area contributed by atoms with Crippen LogP contribution in [0.1, 0.15) is 26.3 Å². The highest BCUT2D eigenvalue weighted by molar-refractivity contribution is 7.92. The third-order valence-corrected chi connectivity index (χ3v) is 6.96. The molecule has 12 heteroatoms. The summed E-state index contributed by atoms with van der Waals surface area (Å²) in [5, 5.41) is 18.0. The Kier molecular flexibility index (Phi) is 6.04. The van der Waals surface area contributed by atoms with Crippen LogP contribution in [0.25, 0.3) is 21.7 Å². The van der Waals surface area contributed by atoms with Crippen LogP contribution < -0.4 is 9.21 Å². The quantitative estimate of drug-likeness (QED) is 0.406. The van der Waals surface area contributed by atoms with Gasteiger partial charge in [0, 0.05) is 11.1 Å². The first-order valence-corrected chi connectivity index (χ1v) is 12.9. The maximum Gasteiger partial charge on any atom is 0.414 e. The first-order valence-electron chi connectivity index (χ1n) is 10.2. The predicted molar refractivity (Wildman–Crippen MR) is 131 cm³/mol. The summed E-state index contributed by atoms with van der Waals surface area (Å²) in [4.78, 5) is 17.5. The summed E-state index contributed by atoms with van der Waals surface area (Å²) in [7, 11) is -3.68. The van der Waals surface area contributed by atoms with Crippen LogP contribution in [0, 0.1) is 0 Å². The molecule has 0 unspecified atom stereocenters. The van der Waals surface area contributed by atoms with Crippen molar-refractivity contribution in [1.82, 2.24) is 15.2 Å². The Balaban J connectivity index is 1.68. The van der Waals surface area contributed by atoms with E-state index in [1.54, 1.807) is 39.0 Å². The molecular formula is C22H23N5O5S2. The lowest BCUT2D eigenvalue weighted by Gasteiger charge is -2.30. The molecule has 10 nitrogen and oxygen atoms in total. The van der Waals surface area contributed by atoms with Crippen LogP contribution in [0.2, 0.25) is 0 Å². The maximum atomic E-state index is 12.4. The van der Waals surface area contributed by atoms with Crippen molar-refractivity contribution < 1.29 is 22.7 Å². The molecule has 34 heavy (non-hydrogen) atoms. The summed E-state index contributed by atoms with van der Waals surface area (Å²) >= 11 is 1.23. The number of aromatic nitrogens is 3. The van der Waals surface area contributed by atoms with E-state index in [0.717, 1.165) is 20.8 Å². The minimum Gasteiger partial charge on any atom is -0.465 e. The number of rotatable bonds is 6. The summed E-state index contributed by atoms with van der Waals surface area (Å²) in [6.07, 6.45) is -0.0127. The van der Waals surface area contributed by atoms with Gasteiger partial charge in [0.2, 0.25) is 15.9 Å². The van der Waals surface area contributed by atoms with Gasteiger partial charge in [-0.25, -0.2) is 27.4 Å². The molecule has 1 amide bonds. The molecule has 0 saturated carbocycles. The monoisotopic (exact) mass is 501 g/mol. The number of sulfonamides is 1. The summed E-state index contributed by atoms with van der Waals surface area (Å²) in [5.74, 6) is 0.138. The number of amides is 1. The van der Waals surface area contributed by atoms with E-state index >= 15 is 0 Å². The van der Waals surface area contributed by atoms with Gasteiger partial charge >= 0.3 is 12.1 Å². The molecule has 0 fully saturated rings. The fourth-order valence-electron chi connectivity index (χ4n) is 3.31. The number of hydrogen-bond acceptors (Lipinski definition) is 8. The third kappa shape index (κ3) is 4.87. The molecule has 0 aliphatic carbocycles. The fraction of sp³-hybridized carbons (Fsp3) is 0.273. The Morgan fingerprint density at radius 1 is 1.12 bits per heavy atom. The number of nitrogens with zero attached hydrogens (tertiary/aromatic N) is 5. The number of benzene rings is 2. The van der Waals surface area contributed by atoms with Crippen molar-refractivity contribution in [3.63, 3.8) is 0 Å². The second-order valence-corrected chi connectivity index (χ2v) is 11.5. The van der Waals surface area contributed by atoms with Crippen LogP contribution in [0.5, 0.6) is 0 Å². The molecule has 0 bridgehead atoms. The zero-order valence-corrected chi connectivity index (χ0v) is 20.6. The molecule has 0 aliphatic heterocycles. The van der Waals surface area contributed by atoms with E-state index < -0.39 is 21.7 Å². The smallest absolute Gasteiger partial charge is 0.414 e. The highest BCUT2D eigenvalue weighted by Gasteiger charge is 2.31. The summed E-state index contributed by atoms with van der Waals surface area (Å²) in [6, 6.07) is 14.2. The Labute approximate surface area is 200 Å². The summed E-state index contributed by atoms with van der Waals surface area (Å²) < 4.78 is 32.3. The van der Waals surface area contributed by atoms with Crippen molar-refractivity contribution >= 4 is 48.8 Å². The van der Waals surface area contributed by atoms with Gasteiger partial charge in [0.05, 0.1) is 23.0 Å². The molecule has 4 aromatic rings. The highest BCUT2D eigenvalue weighted by Crippen LogP contribution is 2.35. The van der Waals surface area contributed by atoms with E-state index in [4.69, 9.17) is 4.42 Å². The molecular weight excluding hydrogens is 478 g/mol. The zero-order valence-electron chi connectivity index (χ0n) is 19.0. The first kappa shape index (κ1) is 23.6. The Morgan fingerprint density at radius 2 is 1.82 bits per heavy atom. The van der Waals surface area contributed by atoms with Crippen LogP contribution in [-0.2, 0) is 16.6 Å². The van der Waals surface area contributed by atoms with E-state index in [1.807, 2.05) is 30.3 Å². The van der Waals surface area contributed by atoms with E-state index in [9.17, 15) is 18.3 Å². The Morgan fingerprint density at radius 3 is 2.44 bits per heavy atom. The zero-order chi connectivity index (χ0) is 24.7.